The van der Waals surface area contributed by atoms with Crippen molar-refractivity contribution >= 4 is 11.8 Å². The molecule has 0 aliphatic heterocycles. The molecule has 17 heavy (non-hydrogen) atoms. The zero-order valence-corrected chi connectivity index (χ0v) is 9.48. The normalized spacial score (nSPS) is 12.9. The Hall–Kier alpha value is -1.01. The summed E-state index contributed by atoms with van der Waals surface area (Å²) < 4.78 is 48.9. The minimum absolute atomic E-state index is 0.0628. The lowest BCUT2D eigenvalue weighted by Gasteiger charge is -2.06. The summed E-state index contributed by atoms with van der Waals surface area (Å²) in [6.07, 6.45) is 1.29. The van der Waals surface area contributed by atoms with Crippen LogP contribution in [0.4, 0.5) is 17.6 Å². The van der Waals surface area contributed by atoms with Crippen LogP contribution in [0.15, 0.2) is 41.1 Å². The van der Waals surface area contributed by atoms with Crippen LogP contribution in [0.1, 0.15) is 5.56 Å². The van der Waals surface area contributed by atoms with Crippen LogP contribution < -0.4 is 0 Å². The fourth-order valence-corrected chi connectivity index (χ4v) is 1.79. The first-order valence-electron chi connectivity index (χ1n) is 4.71. The summed E-state index contributed by atoms with van der Waals surface area (Å²) in [5.41, 5.74) is -3.77. The van der Waals surface area contributed by atoms with E-state index in [4.69, 9.17) is 5.11 Å². The topological polar surface area (TPSA) is 20.2 Å². The second kappa shape index (κ2) is 6.07. The van der Waals surface area contributed by atoms with Crippen molar-refractivity contribution in [3.05, 3.63) is 41.7 Å². The van der Waals surface area contributed by atoms with Crippen LogP contribution >= 0.6 is 11.8 Å². The number of aliphatic hydroxyl groups excluding tert-OH is 1. The van der Waals surface area contributed by atoms with E-state index in [1.165, 1.54) is 18.2 Å². The number of thioether (sulfide) groups is 1. The molecular weight excluding hydrogens is 256 g/mol. The van der Waals surface area contributed by atoms with E-state index in [9.17, 15) is 17.6 Å². The molecule has 0 aliphatic rings. The quantitative estimate of drug-likeness (QED) is 0.662. The molecule has 0 radical (unpaired) electrons. The highest BCUT2D eigenvalue weighted by Gasteiger charge is 2.29. The van der Waals surface area contributed by atoms with Gasteiger partial charge in [0.15, 0.2) is 0 Å². The number of hydrogen-bond acceptors (Lipinski definition) is 2. The van der Waals surface area contributed by atoms with E-state index in [0.717, 1.165) is 6.08 Å². The molecule has 0 spiro atoms. The van der Waals surface area contributed by atoms with Crippen molar-refractivity contribution in [2.24, 2.45) is 0 Å². The lowest BCUT2D eigenvalue weighted by atomic mass is 10.1. The Morgan fingerprint density at radius 3 is 2.65 bits per heavy atom. The number of allylic oxidation sites excluding steroid dienone is 1. The fourth-order valence-electron chi connectivity index (χ4n) is 1.16. The summed E-state index contributed by atoms with van der Waals surface area (Å²) in [6.45, 7) is -0.697. The summed E-state index contributed by atoms with van der Waals surface area (Å²) in [5.74, 6) is -0.695. The average molecular weight is 266 g/mol. The second-order valence-electron chi connectivity index (χ2n) is 3.21. The zero-order chi connectivity index (χ0) is 12.9. The molecule has 6 heteroatoms. The minimum Gasteiger partial charge on any atom is -0.389 e. The first kappa shape index (κ1) is 14.1. The van der Waals surface area contributed by atoms with Gasteiger partial charge in [-0.15, -0.1) is 0 Å². The Kier molecular flexibility index (Phi) is 5.02. The number of hydrogen-bond donors (Lipinski definition) is 1. The van der Waals surface area contributed by atoms with Gasteiger partial charge in [-0.1, -0.05) is 12.1 Å². The summed E-state index contributed by atoms with van der Waals surface area (Å²) in [6, 6.07) is 5.77. The lowest BCUT2D eigenvalue weighted by Crippen LogP contribution is -1.99. The fraction of sp³-hybridized carbons (Fsp3) is 0.273. The SMILES string of the molecule is OC/C(F)=C\Cc1cccc(SC(F)(F)F)c1. The summed E-state index contributed by atoms with van der Waals surface area (Å²) in [5, 5.41) is 8.42. The maximum absolute atomic E-state index is 12.6. The van der Waals surface area contributed by atoms with Crippen molar-refractivity contribution in [2.45, 2.75) is 16.8 Å². The third-order valence-corrected chi connectivity index (χ3v) is 2.56. The standard InChI is InChI=1S/C11H10F4OS/c12-9(7-16)5-4-8-2-1-3-10(6-8)17-11(13,14)15/h1-3,5-6,16H,4,7H2/b9-5+. The Balaban J connectivity index is 2.73. The molecule has 0 bridgehead atoms. The van der Waals surface area contributed by atoms with E-state index in [0.29, 0.717) is 5.56 Å². The van der Waals surface area contributed by atoms with Crippen molar-refractivity contribution in [3.63, 3.8) is 0 Å². The van der Waals surface area contributed by atoms with E-state index in [-0.39, 0.29) is 23.1 Å². The van der Waals surface area contributed by atoms with E-state index >= 15 is 0 Å². The maximum Gasteiger partial charge on any atom is 0.446 e. The summed E-state index contributed by atoms with van der Waals surface area (Å²) in [7, 11) is 0. The van der Waals surface area contributed by atoms with Crippen molar-refractivity contribution in [2.75, 3.05) is 6.61 Å². The van der Waals surface area contributed by atoms with Crippen LogP contribution in [0.5, 0.6) is 0 Å². The van der Waals surface area contributed by atoms with Crippen LogP contribution in [0, 0.1) is 0 Å². The van der Waals surface area contributed by atoms with Crippen LogP contribution in [0.2, 0.25) is 0 Å². The van der Waals surface area contributed by atoms with Gasteiger partial charge in [-0.05, 0) is 42.0 Å². The maximum atomic E-state index is 12.6. The molecule has 0 aromatic heterocycles. The monoisotopic (exact) mass is 266 g/mol. The molecule has 0 aliphatic carbocycles. The molecule has 0 saturated carbocycles. The average Bonchev–Trinajstić information content (AvgIpc) is 2.24. The molecule has 0 unspecified atom stereocenters. The number of benzene rings is 1. The summed E-state index contributed by atoms with van der Waals surface area (Å²) >= 11 is -0.209. The van der Waals surface area contributed by atoms with Gasteiger partial charge in [0.05, 0.1) is 6.61 Å². The number of aliphatic hydroxyl groups is 1. The van der Waals surface area contributed by atoms with Crippen molar-refractivity contribution in [1.29, 1.82) is 0 Å². The molecule has 0 atom stereocenters. The molecule has 0 saturated heterocycles. The number of halogens is 4. The third kappa shape index (κ3) is 5.74. The van der Waals surface area contributed by atoms with Gasteiger partial charge in [0, 0.05) is 4.90 Å². The minimum atomic E-state index is -4.33. The lowest BCUT2D eigenvalue weighted by molar-refractivity contribution is -0.0328. The van der Waals surface area contributed by atoms with Gasteiger partial charge in [0.25, 0.3) is 0 Å². The van der Waals surface area contributed by atoms with Gasteiger partial charge in [-0.25, -0.2) is 4.39 Å². The van der Waals surface area contributed by atoms with Crippen molar-refractivity contribution < 1.29 is 22.7 Å². The Morgan fingerprint density at radius 1 is 1.35 bits per heavy atom. The van der Waals surface area contributed by atoms with Crippen molar-refractivity contribution in [3.8, 4) is 0 Å². The van der Waals surface area contributed by atoms with Gasteiger partial charge < -0.3 is 5.11 Å². The Labute approximate surface area is 100 Å². The smallest absolute Gasteiger partial charge is 0.389 e. The first-order chi connectivity index (χ1) is 7.90. The highest BCUT2D eigenvalue weighted by Crippen LogP contribution is 2.36. The van der Waals surface area contributed by atoms with E-state index in [1.807, 2.05) is 0 Å². The van der Waals surface area contributed by atoms with Gasteiger partial charge in [-0.3, -0.25) is 0 Å². The first-order valence-corrected chi connectivity index (χ1v) is 5.52. The zero-order valence-electron chi connectivity index (χ0n) is 8.67. The molecular formula is C11H10F4OS. The molecule has 0 fully saturated rings. The molecule has 0 amide bonds. The van der Waals surface area contributed by atoms with Crippen LogP contribution in [0.3, 0.4) is 0 Å². The van der Waals surface area contributed by atoms with Crippen molar-refractivity contribution in [1.82, 2.24) is 0 Å². The molecule has 1 aromatic rings. The Bertz CT molecular complexity index is 401. The Morgan fingerprint density at radius 2 is 2.06 bits per heavy atom. The highest BCUT2D eigenvalue weighted by molar-refractivity contribution is 8.00. The van der Waals surface area contributed by atoms with E-state index < -0.39 is 17.9 Å². The van der Waals surface area contributed by atoms with Gasteiger partial charge >= 0.3 is 5.51 Å². The van der Waals surface area contributed by atoms with Crippen LogP contribution in [-0.2, 0) is 6.42 Å². The molecule has 0 heterocycles. The molecule has 1 rings (SSSR count). The van der Waals surface area contributed by atoms with E-state index in [2.05, 4.69) is 0 Å². The van der Waals surface area contributed by atoms with Crippen LogP contribution in [0.25, 0.3) is 0 Å². The molecule has 1 N–H and O–H groups in total. The number of rotatable bonds is 4. The van der Waals surface area contributed by atoms with Gasteiger partial charge in [0.2, 0.25) is 0 Å². The molecule has 94 valence electrons. The number of alkyl halides is 3. The van der Waals surface area contributed by atoms with Crippen LogP contribution in [-0.4, -0.2) is 17.2 Å². The second-order valence-corrected chi connectivity index (χ2v) is 4.35. The van der Waals surface area contributed by atoms with Gasteiger partial charge in [-0.2, -0.15) is 13.2 Å². The largest absolute Gasteiger partial charge is 0.446 e. The van der Waals surface area contributed by atoms with E-state index in [1.54, 1.807) is 6.07 Å². The van der Waals surface area contributed by atoms with Gasteiger partial charge in [0.1, 0.15) is 5.83 Å². The molecule has 1 aromatic carbocycles. The predicted octanol–water partition coefficient (Wildman–Crippen LogP) is 3.69. The molecule has 1 nitrogen and oxygen atoms in total. The highest BCUT2D eigenvalue weighted by atomic mass is 32.2. The predicted molar refractivity (Wildman–Crippen MR) is 58.3 cm³/mol. The third-order valence-electron chi connectivity index (χ3n) is 1.84. The summed E-state index contributed by atoms with van der Waals surface area (Å²) in [4.78, 5) is 0.0628.